The highest BCUT2D eigenvalue weighted by molar-refractivity contribution is 7.21. The van der Waals surface area contributed by atoms with Crippen molar-refractivity contribution < 1.29 is 9.90 Å². The molecule has 0 aliphatic rings. The average Bonchev–Trinajstić information content (AvgIpc) is 2.92. The molecule has 3 aromatic rings. The van der Waals surface area contributed by atoms with Gasteiger partial charge in [0.05, 0.1) is 15.5 Å². The Bertz CT molecular complexity index is 1150. The topological polar surface area (TPSA) is 83.1 Å². The molecule has 0 aliphatic carbocycles. The Morgan fingerprint density at radius 1 is 1.35 bits per heavy atom. The number of thiophene rings is 1. The number of aromatic hydroxyl groups is 1. The fourth-order valence-electron chi connectivity index (χ4n) is 2.95. The highest BCUT2D eigenvalue weighted by atomic mass is 35.5. The summed E-state index contributed by atoms with van der Waals surface area (Å²) in [6.07, 6.45) is 0. The number of pyridine rings is 1. The molecule has 7 heteroatoms. The van der Waals surface area contributed by atoms with Crippen molar-refractivity contribution in [2.45, 2.75) is 26.8 Å². The summed E-state index contributed by atoms with van der Waals surface area (Å²) in [7, 11) is 0. The Labute approximate surface area is 158 Å². The van der Waals surface area contributed by atoms with E-state index in [0.29, 0.717) is 5.02 Å². The van der Waals surface area contributed by atoms with Gasteiger partial charge in [-0.15, -0.1) is 11.3 Å². The summed E-state index contributed by atoms with van der Waals surface area (Å²) < 4.78 is 1.90. The third kappa shape index (κ3) is 2.61. The fraction of sp³-hybridized carbons (Fsp3) is 0.211. The maximum atomic E-state index is 13.2. The van der Waals surface area contributed by atoms with Crippen LogP contribution in [-0.4, -0.2) is 15.5 Å². The molecule has 2 aromatic heterocycles. The molecule has 0 atom stereocenters. The lowest BCUT2D eigenvalue weighted by Gasteiger charge is -2.17. The summed E-state index contributed by atoms with van der Waals surface area (Å²) in [6.45, 7) is 4.87. The summed E-state index contributed by atoms with van der Waals surface area (Å²) in [4.78, 5) is 25.9. The Morgan fingerprint density at radius 3 is 2.58 bits per heavy atom. The number of fused-ring (bicyclic) bond motifs is 1. The van der Waals surface area contributed by atoms with Crippen LogP contribution in [0.3, 0.4) is 0 Å². The summed E-state index contributed by atoms with van der Waals surface area (Å²) in [5.41, 5.74) is -0.678. The number of nitriles is 1. The molecule has 3 rings (SSSR count). The number of hydrogen-bond donors (Lipinski definition) is 1. The van der Waals surface area contributed by atoms with Crippen LogP contribution in [0.5, 0.6) is 5.88 Å². The zero-order chi connectivity index (χ0) is 19.2. The molecule has 0 radical (unpaired) electrons. The highest BCUT2D eigenvalue weighted by Gasteiger charge is 2.28. The molecule has 132 valence electrons. The molecule has 26 heavy (non-hydrogen) atoms. The molecule has 0 saturated carbocycles. The first-order valence-electron chi connectivity index (χ1n) is 7.89. The van der Waals surface area contributed by atoms with Gasteiger partial charge in [-0.25, -0.2) is 0 Å². The molecule has 1 aromatic carbocycles. The van der Waals surface area contributed by atoms with E-state index in [4.69, 9.17) is 11.6 Å². The maximum Gasteiger partial charge on any atom is 0.271 e. The zero-order valence-corrected chi connectivity index (χ0v) is 15.9. The lowest BCUT2D eigenvalue weighted by atomic mass is 10.00. The monoisotopic (exact) mass is 386 g/mol. The van der Waals surface area contributed by atoms with Crippen molar-refractivity contribution >= 4 is 38.8 Å². The Balaban J connectivity index is 2.34. The molecule has 0 spiro atoms. The SMILES string of the molecule is Cc1c(C(=O)c2sc3ccccc3c2Cl)c(O)n(C(C)C)c(=O)c1C#N. The lowest BCUT2D eigenvalue weighted by Crippen LogP contribution is -2.28. The summed E-state index contributed by atoms with van der Waals surface area (Å²) >= 11 is 7.60. The van der Waals surface area contributed by atoms with Crippen LogP contribution in [0.2, 0.25) is 5.02 Å². The number of ketones is 1. The van der Waals surface area contributed by atoms with Crippen LogP contribution in [0.4, 0.5) is 0 Å². The molecule has 0 unspecified atom stereocenters. The van der Waals surface area contributed by atoms with Gasteiger partial charge in [-0.05, 0) is 32.4 Å². The third-order valence-electron chi connectivity index (χ3n) is 4.23. The van der Waals surface area contributed by atoms with Crippen LogP contribution >= 0.6 is 22.9 Å². The number of halogens is 1. The van der Waals surface area contributed by atoms with Crippen molar-refractivity contribution in [3.63, 3.8) is 0 Å². The van der Waals surface area contributed by atoms with Gasteiger partial charge in [0.25, 0.3) is 5.56 Å². The molecule has 0 saturated heterocycles. The second kappa shape index (κ2) is 6.60. The van der Waals surface area contributed by atoms with E-state index in [0.717, 1.165) is 14.7 Å². The number of nitrogens with zero attached hydrogens (tertiary/aromatic N) is 2. The van der Waals surface area contributed by atoms with Crippen molar-refractivity contribution in [1.82, 2.24) is 4.57 Å². The van der Waals surface area contributed by atoms with Crippen LogP contribution in [0.1, 0.15) is 46.3 Å². The smallest absolute Gasteiger partial charge is 0.271 e. The van der Waals surface area contributed by atoms with E-state index in [2.05, 4.69) is 0 Å². The Kier molecular flexibility index (Phi) is 4.61. The van der Waals surface area contributed by atoms with Gasteiger partial charge in [0.1, 0.15) is 11.6 Å². The van der Waals surface area contributed by atoms with Gasteiger partial charge in [0.15, 0.2) is 0 Å². The van der Waals surface area contributed by atoms with E-state index >= 15 is 0 Å². The van der Waals surface area contributed by atoms with Crippen LogP contribution in [0, 0.1) is 18.3 Å². The zero-order valence-electron chi connectivity index (χ0n) is 14.3. The third-order valence-corrected chi connectivity index (χ3v) is 5.91. The lowest BCUT2D eigenvalue weighted by molar-refractivity contribution is 0.103. The van der Waals surface area contributed by atoms with Crippen molar-refractivity contribution in [2.24, 2.45) is 0 Å². The number of carbonyl (C=O) groups is 1. The molecule has 2 heterocycles. The largest absolute Gasteiger partial charge is 0.494 e. The van der Waals surface area contributed by atoms with Gasteiger partial charge in [0.2, 0.25) is 11.7 Å². The first-order valence-corrected chi connectivity index (χ1v) is 9.08. The van der Waals surface area contributed by atoms with Crippen molar-refractivity contribution in [3.05, 3.63) is 61.2 Å². The normalized spacial score (nSPS) is 11.1. The quantitative estimate of drug-likeness (QED) is 0.675. The first kappa shape index (κ1) is 18.2. The summed E-state index contributed by atoms with van der Waals surface area (Å²) in [6, 6.07) is 8.77. The number of benzene rings is 1. The van der Waals surface area contributed by atoms with E-state index in [1.807, 2.05) is 30.3 Å². The maximum absolute atomic E-state index is 13.2. The van der Waals surface area contributed by atoms with Gasteiger partial charge in [-0.1, -0.05) is 29.8 Å². The predicted molar refractivity (Wildman–Crippen MR) is 102 cm³/mol. The van der Waals surface area contributed by atoms with Crippen LogP contribution in [0.15, 0.2) is 29.1 Å². The predicted octanol–water partition coefficient (Wildman–Crippen LogP) is 4.41. The number of hydrogen-bond acceptors (Lipinski definition) is 5. The Morgan fingerprint density at radius 2 is 2.00 bits per heavy atom. The van der Waals surface area contributed by atoms with Crippen molar-refractivity contribution in [1.29, 1.82) is 5.26 Å². The van der Waals surface area contributed by atoms with Gasteiger partial charge in [-0.3, -0.25) is 14.2 Å². The second-order valence-corrected chi connectivity index (χ2v) is 7.58. The van der Waals surface area contributed by atoms with Gasteiger partial charge in [-0.2, -0.15) is 5.26 Å². The summed E-state index contributed by atoms with van der Waals surface area (Å²) in [5, 5.41) is 21.0. The molecular weight excluding hydrogens is 372 g/mol. The molecule has 0 amide bonds. The molecule has 0 fully saturated rings. The molecule has 0 aliphatic heterocycles. The van der Waals surface area contributed by atoms with E-state index in [1.54, 1.807) is 13.8 Å². The molecule has 5 nitrogen and oxygen atoms in total. The van der Waals surface area contributed by atoms with E-state index in [9.17, 15) is 20.0 Å². The standard InChI is InChI=1S/C19H15ClN2O3S/c1-9(2)22-18(24)12(8-21)10(3)14(19(22)25)16(23)17-15(20)11-6-4-5-7-13(11)26-17/h4-7,9,25H,1-3H3. The number of aromatic nitrogens is 1. The molecule has 1 N–H and O–H groups in total. The van der Waals surface area contributed by atoms with Crippen molar-refractivity contribution in [2.75, 3.05) is 0 Å². The van der Waals surface area contributed by atoms with Crippen LogP contribution < -0.4 is 5.56 Å². The Hall–Kier alpha value is -2.62. The molecule has 0 bridgehead atoms. The van der Waals surface area contributed by atoms with E-state index in [1.165, 1.54) is 18.3 Å². The minimum Gasteiger partial charge on any atom is -0.494 e. The van der Waals surface area contributed by atoms with E-state index in [-0.39, 0.29) is 21.6 Å². The van der Waals surface area contributed by atoms with E-state index < -0.39 is 23.3 Å². The minimum atomic E-state index is -0.614. The highest BCUT2D eigenvalue weighted by Crippen LogP contribution is 2.38. The number of carbonyl (C=O) groups excluding carboxylic acids is 1. The van der Waals surface area contributed by atoms with Gasteiger partial charge < -0.3 is 5.11 Å². The number of rotatable bonds is 3. The molecular formula is C19H15ClN2O3S. The van der Waals surface area contributed by atoms with Gasteiger partial charge >= 0.3 is 0 Å². The van der Waals surface area contributed by atoms with Crippen LogP contribution in [-0.2, 0) is 0 Å². The average molecular weight is 387 g/mol. The fourth-order valence-corrected chi connectivity index (χ4v) is 4.41. The van der Waals surface area contributed by atoms with Crippen LogP contribution in [0.25, 0.3) is 10.1 Å². The second-order valence-electron chi connectivity index (χ2n) is 6.15. The first-order chi connectivity index (χ1) is 12.3. The minimum absolute atomic E-state index is 0.0664. The van der Waals surface area contributed by atoms with Gasteiger partial charge in [0, 0.05) is 16.1 Å². The summed E-state index contributed by atoms with van der Waals surface area (Å²) in [5.74, 6) is -0.947. The van der Waals surface area contributed by atoms with Crippen molar-refractivity contribution in [3.8, 4) is 11.9 Å².